The maximum absolute atomic E-state index is 12.4. The third-order valence-electron chi connectivity index (χ3n) is 4.14. The van der Waals surface area contributed by atoms with Crippen LogP contribution in [-0.2, 0) is 4.79 Å². The molecule has 1 amide bonds. The number of carbonyl (C=O) groups is 1. The van der Waals surface area contributed by atoms with Gasteiger partial charge in [-0.05, 0) is 43.5 Å². The number of anilines is 1. The summed E-state index contributed by atoms with van der Waals surface area (Å²) in [6.07, 6.45) is 0.703. The molecule has 0 aromatic heterocycles. The van der Waals surface area contributed by atoms with Crippen molar-refractivity contribution in [2.45, 2.75) is 32.4 Å². The Labute approximate surface area is 141 Å². The van der Waals surface area contributed by atoms with Crippen molar-refractivity contribution in [2.75, 3.05) is 5.32 Å². The van der Waals surface area contributed by atoms with Crippen molar-refractivity contribution < 1.29 is 4.79 Å². The van der Waals surface area contributed by atoms with E-state index in [4.69, 9.17) is 11.6 Å². The molecule has 1 fully saturated rings. The molecule has 120 valence electrons. The number of benzene rings is 2. The number of nitrogens with one attached hydrogen (secondary N) is 3. The lowest BCUT2D eigenvalue weighted by molar-refractivity contribution is -0.117. The molecule has 0 bridgehead atoms. The van der Waals surface area contributed by atoms with Crippen LogP contribution in [0.2, 0.25) is 5.02 Å². The Kier molecular flexibility index (Phi) is 4.66. The van der Waals surface area contributed by atoms with E-state index in [-0.39, 0.29) is 18.0 Å². The number of rotatable bonds is 3. The molecule has 0 radical (unpaired) electrons. The summed E-state index contributed by atoms with van der Waals surface area (Å²) in [5.41, 5.74) is 10.4. The highest BCUT2D eigenvalue weighted by Gasteiger charge is 2.30. The second kappa shape index (κ2) is 6.71. The van der Waals surface area contributed by atoms with Crippen LogP contribution >= 0.6 is 11.6 Å². The lowest BCUT2D eigenvalue weighted by Crippen LogP contribution is -2.39. The molecule has 2 aromatic rings. The minimum Gasteiger partial charge on any atom is -0.325 e. The number of halogens is 1. The highest BCUT2D eigenvalue weighted by molar-refractivity contribution is 6.31. The predicted octanol–water partition coefficient (Wildman–Crippen LogP) is 3.50. The second-order valence-corrected chi connectivity index (χ2v) is 6.40. The van der Waals surface area contributed by atoms with Crippen LogP contribution in [-0.4, -0.2) is 11.9 Å². The lowest BCUT2D eigenvalue weighted by Gasteiger charge is -2.11. The molecule has 0 spiro atoms. The molecule has 4 nitrogen and oxygen atoms in total. The van der Waals surface area contributed by atoms with E-state index in [1.54, 1.807) is 6.07 Å². The van der Waals surface area contributed by atoms with Crippen molar-refractivity contribution in [3.8, 4) is 0 Å². The number of hydrogen-bond acceptors (Lipinski definition) is 3. The molecule has 3 rings (SSSR count). The first-order chi connectivity index (χ1) is 11.0. The lowest BCUT2D eigenvalue weighted by atomic mass is 10.0. The van der Waals surface area contributed by atoms with Crippen LogP contribution in [0.1, 0.15) is 29.2 Å². The smallest absolute Gasteiger partial charge is 0.242 e. The van der Waals surface area contributed by atoms with Crippen molar-refractivity contribution in [3.63, 3.8) is 0 Å². The quantitative estimate of drug-likeness (QED) is 0.807. The zero-order chi connectivity index (χ0) is 16.4. The molecule has 2 aromatic carbocycles. The summed E-state index contributed by atoms with van der Waals surface area (Å²) in [7, 11) is 0. The summed E-state index contributed by atoms with van der Waals surface area (Å²) in [6, 6.07) is 13.7. The maximum atomic E-state index is 12.4. The minimum atomic E-state index is -0.276. The Morgan fingerprint density at radius 3 is 2.57 bits per heavy atom. The molecule has 5 heteroatoms. The van der Waals surface area contributed by atoms with Gasteiger partial charge in [-0.15, -0.1) is 0 Å². The van der Waals surface area contributed by atoms with Crippen LogP contribution < -0.4 is 16.2 Å². The van der Waals surface area contributed by atoms with E-state index in [0.717, 1.165) is 5.56 Å². The van der Waals surface area contributed by atoms with Gasteiger partial charge in [0.25, 0.3) is 0 Å². The van der Waals surface area contributed by atoms with Gasteiger partial charge in [0, 0.05) is 16.8 Å². The van der Waals surface area contributed by atoms with Crippen molar-refractivity contribution >= 4 is 23.2 Å². The Morgan fingerprint density at radius 2 is 1.87 bits per heavy atom. The van der Waals surface area contributed by atoms with E-state index in [1.807, 2.05) is 19.1 Å². The van der Waals surface area contributed by atoms with Crippen molar-refractivity contribution in [2.24, 2.45) is 0 Å². The highest BCUT2D eigenvalue weighted by Crippen LogP contribution is 2.24. The third-order valence-corrected chi connectivity index (χ3v) is 4.55. The average molecular weight is 330 g/mol. The van der Waals surface area contributed by atoms with Gasteiger partial charge in [0.15, 0.2) is 0 Å². The fourth-order valence-electron chi connectivity index (χ4n) is 2.65. The van der Waals surface area contributed by atoms with Gasteiger partial charge in [-0.2, -0.15) is 0 Å². The van der Waals surface area contributed by atoms with E-state index >= 15 is 0 Å². The van der Waals surface area contributed by atoms with Gasteiger partial charge < -0.3 is 5.32 Å². The Balaban J connectivity index is 1.63. The number of amides is 1. The Bertz CT molecular complexity index is 715. The number of hydrogen-bond donors (Lipinski definition) is 3. The van der Waals surface area contributed by atoms with Gasteiger partial charge in [-0.3, -0.25) is 4.79 Å². The standard InChI is InChI=1S/C18H20ClN3O/c1-11-3-6-13(7-4-11)16-10-17(22-21-16)18(23)20-14-8-5-12(2)15(19)9-14/h3-9,16-17,21-22H,10H2,1-2H3,(H,20,23). The van der Waals surface area contributed by atoms with E-state index in [0.29, 0.717) is 17.1 Å². The van der Waals surface area contributed by atoms with Gasteiger partial charge >= 0.3 is 0 Å². The summed E-state index contributed by atoms with van der Waals surface area (Å²) >= 11 is 6.09. The highest BCUT2D eigenvalue weighted by atomic mass is 35.5. The largest absolute Gasteiger partial charge is 0.325 e. The first kappa shape index (κ1) is 16.0. The van der Waals surface area contributed by atoms with Gasteiger partial charge in [0.1, 0.15) is 6.04 Å². The summed E-state index contributed by atoms with van der Waals surface area (Å²) < 4.78 is 0. The van der Waals surface area contributed by atoms with Crippen molar-refractivity contribution in [1.29, 1.82) is 0 Å². The molecule has 23 heavy (non-hydrogen) atoms. The Hall–Kier alpha value is -1.88. The molecule has 2 atom stereocenters. The average Bonchev–Trinajstić information content (AvgIpc) is 3.02. The maximum Gasteiger partial charge on any atom is 0.242 e. The molecule has 1 heterocycles. The van der Waals surface area contributed by atoms with Crippen LogP contribution in [0.25, 0.3) is 0 Å². The van der Waals surface area contributed by atoms with Crippen LogP contribution in [0.3, 0.4) is 0 Å². The molecule has 0 aliphatic carbocycles. The summed E-state index contributed by atoms with van der Waals surface area (Å²) in [6.45, 7) is 4.00. The molecule has 1 saturated heterocycles. The summed E-state index contributed by atoms with van der Waals surface area (Å²) in [4.78, 5) is 12.4. The topological polar surface area (TPSA) is 53.2 Å². The Morgan fingerprint density at radius 1 is 1.13 bits per heavy atom. The normalized spacial score (nSPS) is 20.5. The molecular weight excluding hydrogens is 310 g/mol. The zero-order valence-electron chi connectivity index (χ0n) is 13.2. The fraction of sp³-hybridized carbons (Fsp3) is 0.278. The van der Waals surface area contributed by atoms with Gasteiger partial charge in [-0.25, -0.2) is 10.9 Å². The molecule has 0 saturated carbocycles. The number of carbonyl (C=O) groups excluding carboxylic acids is 1. The molecular formula is C18H20ClN3O. The van der Waals surface area contributed by atoms with Crippen LogP contribution in [0, 0.1) is 13.8 Å². The van der Waals surface area contributed by atoms with E-state index in [9.17, 15) is 4.79 Å². The monoisotopic (exact) mass is 329 g/mol. The van der Waals surface area contributed by atoms with E-state index in [1.165, 1.54) is 11.1 Å². The fourth-order valence-corrected chi connectivity index (χ4v) is 2.83. The summed E-state index contributed by atoms with van der Waals surface area (Å²) in [5, 5.41) is 3.56. The third kappa shape index (κ3) is 3.72. The predicted molar refractivity (Wildman–Crippen MR) is 93.4 cm³/mol. The van der Waals surface area contributed by atoms with Crippen molar-refractivity contribution in [3.05, 3.63) is 64.2 Å². The molecule has 1 aliphatic rings. The van der Waals surface area contributed by atoms with Crippen LogP contribution in [0.5, 0.6) is 0 Å². The van der Waals surface area contributed by atoms with E-state index < -0.39 is 0 Å². The first-order valence-corrected chi connectivity index (χ1v) is 8.05. The first-order valence-electron chi connectivity index (χ1n) is 7.67. The van der Waals surface area contributed by atoms with Crippen molar-refractivity contribution in [1.82, 2.24) is 10.9 Å². The molecule has 2 unspecified atom stereocenters. The number of hydrazine groups is 1. The van der Waals surface area contributed by atoms with Gasteiger partial charge in [0.05, 0.1) is 0 Å². The van der Waals surface area contributed by atoms with Gasteiger partial charge in [0.2, 0.25) is 5.91 Å². The minimum absolute atomic E-state index is 0.0629. The van der Waals surface area contributed by atoms with Gasteiger partial charge in [-0.1, -0.05) is 47.5 Å². The van der Waals surface area contributed by atoms with Crippen LogP contribution in [0.4, 0.5) is 5.69 Å². The van der Waals surface area contributed by atoms with E-state index in [2.05, 4.69) is 47.4 Å². The molecule has 3 N–H and O–H groups in total. The second-order valence-electron chi connectivity index (χ2n) is 5.99. The zero-order valence-corrected chi connectivity index (χ0v) is 13.9. The number of aryl methyl sites for hydroxylation is 2. The molecule has 1 aliphatic heterocycles. The summed E-state index contributed by atoms with van der Waals surface area (Å²) in [5.74, 6) is -0.0629. The van der Waals surface area contributed by atoms with Crippen LogP contribution in [0.15, 0.2) is 42.5 Å². The SMILES string of the molecule is Cc1ccc(C2CC(C(=O)Nc3ccc(C)c(Cl)c3)NN2)cc1.